The molecule has 0 heterocycles. The largest absolute Gasteiger partial charge is 2.00 e. The molecule has 26 heavy (non-hydrogen) atoms. The molecule has 0 aliphatic heterocycles. The van der Waals surface area contributed by atoms with Crippen LogP contribution in [0.4, 0.5) is 0 Å². The first-order valence-electron chi connectivity index (χ1n) is 6.44. The topological polar surface area (TPSA) is 98.7 Å². The van der Waals surface area contributed by atoms with E-state index in [4.69, 9.17) is 0 Å². The average Bonchev–Trinajstić information content (AvgIpc) is 2.52. The van der Waals surface area contributed by atoms with Crippen molar-refractivity contribution in [3.05, 3.63) is 71.8 Å². The predicted octanol–water partition coefficient (Wildman–Crippen LogP) is -1.01. The van der Waals surface area contributed by atoms with Gasteiger partial charge < -0.3 is 9.11 Å². The maximum Gasteiger partial charge on any atom is 2.00 e. The second kappa shape index (κ2) is 14.5. The molecule has 6 nitrogen and oxygen atoms in total. The van der Waals surface area contributed by atoms with E-state index in [1.54, 1.807) is 48.5 Å². The first kappa shape index (κ1) is 28.7. The van der Waals surface area contributed by atoms with Gasteiger partial charge >= 0.3 is 46.0 Å². The van der Waals surface area contributed by atoms with E-state index in [-0.39, 0.29) is 59.3 Å². The van der Waals surface area contributed by atoms with E-state index in [0.717, 1.165) is 11.1 Å². The summed E-state index contributed by atoms with van der Waals surface area (Å²) in [5, 5.41) is 0. The summed E-state index contributed by atoms with van der Waals surface area (Å²) in [4.78, 5) is 0. The van der Waals surface area contributed by atoms with E-state index < -0.39 is 18.1 Å². The van der Waals surface area contributed by atoms with Gasteiger partial charge in [0.15, 0.2) is 0 Å². The van der Waals surface area contributed by atoms with Crippen molar-refractivity contribution in [2.24, 2.45) is 0 Å². The molecule has 0 amide bonds. The monoisotopic (exact) mass is 487 g/mol. The van der Waals surface area contributed by atoms with Crippen LogP contribution in [0, 0.1) is 0 Å². The van der Waals surface area contributed by atoms with Gasteiger partial charge in [0.2, 0.25) is 0 Å². The van der Waals surface area contributed by atoms with Crippen LogP contribution in [0.1, 0.15) is 11.1 Å². The third-order valence-corrected chi connectivity index (χ3v) is 3.82. The Labute approximate surface area is 195 Å². The third kappa shape index (κ3) is 16.7. The maximum absolute atomic E-state index is 10.4. The molecule has 0 radical (unpaired) electrons. The van der Waals surface area contributed by atoms with Crippen molar-refractivity contribution in [3.8, 4) is 0 Å². The standard InChI is InChI=1S/2C7H8O3S2.Na.Ni/c2*8-12(9,11)10-6-7-4-2-1-3-5-7;;/h2*1-5H,6H2,(H,8,9,11);;/q;;+1;+2/p-2. The van der Waals surface area contributed by atoms with Crippen molar-refractivity contribution in [2.75, 3.05) is 0 Å². The van der Waals surface area contributed by atoms with E-state index >= 15 is 0 Å². The summed E-state index contributed by atoms with van der Waals surface area (Å²) in [7, 11) is -7.48. The van der Waals surface area contributed by atoms with E-state index in [0.29, 0.717) is 0 Å². The number of hydrogen-bond acceptors (Lipinski definition) is 8. The minimum absolute atomic E-state index is 0. The Balaban J connectivity index is 0. The Kier molecular flexibility index (Phi) is 16.0. The maximum atomic E-state index is 10.4. The molecule has 0 spiro atoms. The molecular formula is C14H14NaNiO6S4+. The molecule has 2 aromatic rings. The van der Waals surface area contributed by atoms with Gasteiger partial charge in [-0.3, -0.25) is 8.37 Å². The van der Waals surface area contributed by atoms with Gasteiger partial charge in [0.1, 0.15) is 0 Å². The van der Waals surface area contributed by atoms with Gasteiger partial charge in [-0.1, -0.05) is 60.7 Å². The first-order chi connectivity index (χ1) is 11.2. The van der Waals surface area contributed by atoms with Crippen molar-refractivity contribution in [3.63, 3.8) is 0 Å². The summed E-state index contributed by atoms with van der Waals surface area (Å²) in [6.07, 6.45) is 0. The third-order valence-electron chi connectivity index (χ3n) is 2.43. The van der Waals surface area contributed by atoms with Crippen molar-refractivity contribution < 1.29 is 71.9 Å². The molecule has 2 atom stereocenters. The van der Waals surface area contributed by atoms with Crippen LogP contribution in [-0.4, -0.2) is 17.5 Å². The summed E-state index contributed by atoms with van der Waals surface area (Å²) in [5.41, 5.74) is 1.57. The zero-order chi connectivity index (χ0) is 18.1. The molecule has 2 aromatic carbocycles. The van der Waals surface area contributed by atoms with Crippen LogP contribution in [0.15, 0.2) is 60.7 Å². The molecule has 0 fully saturated rings. The average molecular weight is 488 g/mol. The molecule has 0 bridgehead atoms. The van der Waals surface area contributed by atoms with Crippen LogP contribution >= 0.6 is 0 Å². The molecule has 0 saturated carbocycles. The van der Waals surface area contributed by atoms with Crippen molar-refractivity contribution >= 4 is 40.5 Å². The molecule has 0 aromatic heterocycles. The van der Waals surface area contributed by atoms with Crippen LogP contribution < -0.4 is 29.6 Å². The second-order valence-corrected chi connectivity index (χ2v) is 8.87. The fourth-order valence-corrected chi connectivity index (χ4v) is 2.28. The fraction of sp³-hybridized carbons (Fsp3) is 0.143. The van der Waals surface area contributed by atoms with E-state index in [9.17, 15) is 17.5 Å². The molecule has 140 valence electrons. The molecular weight excluding hydrogens is 474 g/mol. The van der Waals surface area contributed by atoms with Gasteiger partial charge in [0.25, 0.3) is 0 Å². The Bertz CT molecular complexity index is 746. The molecule has 0 saturated heterocycles. The number of hydrogen-bond donors (Lipinski definition) is 0. The van der Waals surface area contributed by atoms with E-state index in [2.05, 4.69) is 30.7 Å². The molecule has 2 unspecified atom stereocenters. The molecule has 2 rings (SSSR count). The molecule has 0 aliphatic carbocycles. The zero-order valence-corrected chi connectivity index (χ0v) is 19.8. The van der Waals surface area contributed by atoms with Crippen LogP contribution in [-0.2, 0) is 78.6 Å². The Morgan fingerprint density at radius 3 is 1.23 bits per heavy atom. The number of benzene rings is 2. The zero-order valence-electron chi connectivity index (χ0n) is 13.6. The van der Waals surface area contributed by atoms with Crippen LogP contribution in [0.5, 0.6) is 0 Å². The van der Waals surface area contributed by atoms with Crippen molar-refractivity contribution in [1.82, 2.24) is 0 Å². The predicted molar refractivity (Wildman–Crippen MR) is 95.0 cm³/mol. The Morgan fingerprint density at radius 1 is 0.731 bits per heavy atom. The van der Waals surface area contributed by atoms with Gasteiger partial charge in [-0.25, -0.2) is 8.42 Å². The van der Waals surface area contributed by atoms with Gasteiger partial charge in [0.05, 0.1) is 31.3 Å². The fourth-order valence-electron chi connectivity index (χ4n) is 1.43. The Morgan fingerprint density at radius 2 is 1.00 bits per heavy atom. The quantitative estimate of drug-likeness (QED) is 0.478. The second-order valence-electron chi connectivity index (χ2n) is 4.31. The summed E-state index contributed by atoms with van der Waals surface area (Å²) >= 11 is 8.07. The summed E-state index contributed by atoms with van der Waals surface area (Å²) in [6, 6.07) is 17.9. The van der Waals surface area contributed by atoms with E-state index in [1.165, 1.54) is 0 Å². The van der Waals surface area contributed by atoms with Crippen LogP contribution in [0.2, 0.25) is 0 Å². The van der Waals surface area contributed by atoms with Gasteiger partial charge in [0, 0.05) is 0 Å². The first-order valence-corrected chi connectivity index (χ1v) is 11.1. The van der Waals surface area contributed by atoms with Gasteiger partial charge in [-0.2, -0.15) is 0 Å². The Hall–Kier alpha value is 0.514. The summed E-state index contributed by atoms with van der Waals surface area (Å²) in [6.45, 7) is 0.0132. The van der Waals surface area contributed by atoms with Gasteiger partial charge in [-0.05, 0) is 33.5 Å². The van der Waals surface area contributed by atoms with E-state index in [1.807, 2.05) is 12.1 Å². The summed E-state index contributed by atoms with van der Waals surface area (Å²) in [5.74, 6) is 0. The molecule has 0 aliphatic rings. The van der Waals surface area contributed by atoms with Crippen molar-refractivity contribution in [2.45, 2.75) is 13.2 Å². The van der Waals surface area contributed by atoms with Gasteiger partial charge in [-0.15, -0.1) is 0 Å². The van der Waals surface area contributed by atoms with Crippen molar-refractivity contribution in [1.29, 1.82) is 0 Å². The SMILES string of the molecule is O=S([O-])(=S)OCc1ccccc1.O=S([O-])(=S)OCc1ccccc1.[Na+].[Ni+2]. The minimum Gasteiger partial charge on any atom is -0.748 e. The minimum atomic E-state index is -3.74. The normalized spacial score (nSPS) is 14.2. The molecule has 12 heteroatoms. The van der Waals surface area contributed by atoms with Crippen LogP contribution in [0.3, 0.4) is 0 Å². The summed E-state index contributed by atoms with van der Waals surface area (Å²) < 4.78 is 50.4. The number of rotatable bonds is 6. The smallest absolute Gasteiger partial charge is 0.748 e. The molecule has 0 N–H and O–H groups in total. The van der Waals surface area contributed by atoms with Crippen LogP contribution in [0.25, 0.3) is 0 Å².